The van der Waals surface area contributed by atoms with Crippen molar-refractivity contribution in [3.05, 3.63) is 57.6 Å². The number of phenols is 2. The molecule has 0 bridgehead atoms. The first-order valence-corrected chi connectivity index (χ1v) is 9.90. The zero-order chi connectivity index (χ0) is 19.4. The highest BCUT2D eigenvalue weighted by molar-refractivity contribution is 5.53. The van der Waals surface area contributed by atoms with Gasteiger partial charge in [0.1, 0.15) is 11.5 Å². The number of benzene rings is 2. The van der Waals surface area contributed by atoms with Crippen LogP contribution in [0.5, 0.6) is 11.5 Å². The van der Waals surface area contributed by atoms with E-state index in [4.69, 9.17) is 0 Å². The average Bonchev–Trinajstić information content (AvgIpc) is 2.58. The van der Waals surface area contributed by atoms with Crippen LogP contribution in [-0.2, 0) is 0 Å². The molecule has 26 heavy (non-hydrogen) atoms. The molecule has 2 rings (SSSR count). The van der Waals surface area contributed by atoms with E-state index in [0.29, 0.717) is 17.4 Å². The molecule has 0 aromatic heterocycles. The maximum absolute atomic E-state index is 10.9. The third-order valence-corrected chi connectivity index (χ3v) is 5.54. The van der Waals surface area contributed by atoms with E-state index in [2.05, 4.69) is 39.8 Å². The Bertz CT molecular complexity index is 704. The quantitative estimate of drug-likeness (QED) is 0.582. The van der Waals surface area contributed by atoms with Gasteiger partial charge in [0.15, 0.2) is 0 Å². The minimum atomic E-state index is 0.00347. The first-order valence-electron chi connectivity index (χ1n) is 9.90. The highest BCUT2D eigenvalue weighted by Crippen LogP contribution is 2.45. The molecule has 142 valence electrons. The van der Waals surface area contributed by atoms with Crippen molar-refractivity contribution in [2.75, 3.05) is 0 Å². The zero-order valence-electron chi connectivity index (χ0n) is 17.2. The van der Waals surface area contributed by atoms with E-state index in [0.717, 1.165) is 59.1 Å². The van der Waals surface area contributed by atoms with Gasteiger partial charge in [0.2, 0.25) is 0 Å². The van der Waals surface area contributed by atoms with E-state index >= 15 is 0 Å². The van der Waals surface area contributed by atoms with Crippen LogP contribution >= 0.6 is 0 Å². The number of phenolic OH excluding ortho intramolecular Hbond substituents is 2. The van der Waals surface area contributed by atoms with Crippen LogP contribution in [-0.4, -0.2) is 10.2 Å². The fourth-order valence-corrected chi connectivity index (χ4v) is 4.21. The summed E-state index contributed by atoms with van der Waals surface area (Å²) in [5.41, 5.74) is 6.00. The highest BCUT2D eigenvalue weighted by Gasteiger charge is 2.29. The predicted octanol–water partition coefficient (Wildman–Crippen LogP) is 6.68. The lowest BCUT2D eigenvalue weighted by molar-refractivity contribution is 0.377. The van der Waals surface area contributed by atoms with Crippen LogP contribution in [0.1, 0.15) is 78.8 Å². The Morgan fingerprint density at radius 1 is 0.769 bits per heavy atom. The Labute approximate surface area is 158 Å². The van der Waals surface area contributed by atoms with Gasteiger partial charge in [-0.1, -0.05) is 68.5 Å². The molecule has 2 aromatic carbocycles. The Balaban J connectivity index is 2.72. The second-order valence-corrected chi connectivity index (χ2v) is 7.83. The van der Waals surface area contributed by atoms with Crippen LogP contribution in [0.15, 0.2) is 24.3 Å². The minimum absolute atomic E-state index is 0.00347. The third kappa shape index (κ3) is 4.23. The van der Waals surface area contributed by atoms with Gasteiger partial charge in [-0.15, -0.1) is 0 Å². The van der Waals surface area contributed by atoms with Crippen molar-refractivity contribution in [3.63, 3.8) is 0 Å². The van der Waals surface area contributed by atoms with Gasteiger partial charge in [-0.05, 0) is 51.2 Å². The standard InChI is InChI=1S/C24H34O2/c1-7-9-10-19(8-2)22(20-13-15(3)11-17(5)23(20)25)21-14-16(4)12-18(6)24(21)26/h11-14,19,22,25-26H,7-10H2,1-6H3. The molecule has 2 heteroatoms. The Hall–Kier alpha value is -1.96. The lowest BCUT2D eigenvalue weighted by atomic mass is 9.75. The summed E-state index contributed by atoms with van der Waals surface area (Å²) in [6.45, 7) is 12.5. The van der Waals surface area contributed by atoms with Crippen molar-refractivity contribution in [1.82, 2.24) is 0 Å². The molecular weight excluding hydrogens is 320 g/mol. The molecule has 0 amide bonds. The Morgan fingerprint density at radius 2 is 1.23 bits per heavy atom. The molecule has 1 atom stereocenters. The molecule has 0 heterocycles. The molecule has 0 fully saturated rings. The number of hydrogen-bond acceptors (Lipinski definition) is 2. The van der Waals surface area contributed by atoms with Crippen molar-refractivity contribution < 1.29 is 10.2 Å². The number of unbranched alkanes of at least 4 members (excludes halogenated alkanes) is 1. The minimum Gasteiger partial charge on any atom is -0.507 e. The van der Waals surface area contributed by atoms with E-state index in [1.807, 2.05) is 26.0 Å². The topological polar surface area (TPSA) is 40.5 Å². The van der Waals surface area contributed by atoms with Crippen molar-refractivity contribution in [2.24, 2.45) is 5.92 Å². The monoisotopic (exact) mass is 354 g/mol. The fourth-order valence-electron chi connectivity index (χ4n) is 4.21. The van der Waals surface area contributed by atoms with Gasteiger partial charge in [-0.3, -0.25) is 0 Å². The molecule has 2 aromatic rings. The van der Waals surface area contributed by atoms with Crippen molar-refractivity contribution in [2.45, 2.75) is 73.1 Å². The third-order valence-electron chi connectivity index (χ3n) is 5.54. The maximum Gasteiger partial charge on any atom is 0.122 e. The van der Waals surface area contributed by atoms with E-state index in [9.17, 15) is 10.2 Å². The molecule has 0 aliphatic heterocycles. The smallest absolute Gasteiger partial charge is 0.122 e. The predicted molar refractivity (Wildman–Crippen MR) is 110 cm³/mol. The average molecular weight is 355 g/mol. The molecule has 0 spiro atoms. The Morgan fingerprint density at radius 3 is 1.62 bits per heavy atom. The molecule has 0 saturated heterocycles. The summed E-state index contributed by atoms with van der Waals surface area (Å²) in [7, 11) is 0. The van der Waals surface area contributed by atoms with Crippen LogP contribution in [0.25, 0.3) is 0 Å². The van der Waals surface area contributed by atoms with Crippen LogP contribution in [0.2, 0.25) is 0 Å². The lowest BCUT2D eigenvalue weighted by Gasteiger charge is -2.30. The first kappa shape index (κ1) is 20.4. The Kier molecular flexibility index (Phi) is 6.75. The van der Waals surface area contributed by atoms with Gasteiger partial charge >= 0.3 is 0 Å². The molecule has 0 aliphatic carbocycles. The summed E-state index contributed by atoms with van der Waals surface area (Å²) in [6, 6.07) is 8.23. The summed E-state index contributed by atoms with van der Waals surface area (Å²) in [4.78, 5) is 0. The van der Waals surface area contributed by atoms with Gasteiger partial charge in [0.05, 0.1) is 0 Å². The molecule has 0 radical (unpaired) electrons. The van der Waals surface area contributed by atoms with Crippen LogP contribution < -0.4 is 0 Å². The van der Waals surface area contributed by atoms with Crippen molar-refractivity contribution >= 4 is 0 Å². The second kappa shape index (κ2) is 8.62. The van der Waals surface area contributed by atoms with E-state index < -0.39 is 0 Å². The summed E-state index contributed by atoms with van der Waals surface area (Å²) in [6.07, 6.45) is 4.42. The largest absolute Gasteiger partial charge is 0.507 e. The van der Waals surface area contributed by atoms with E-state index in [1.165, 1.54) is 0 Å². The van der Waals surface area contributed by atoms with E-state index in [1.54, 1.807) is 0 Å². The van der Waals surface area contributed by atoms with Crippen LogP contribution in [0.4, 0.5) is 0 Å². The van der Waals surface area contributed by atoms with Gasteiger partial charge in [0.25, 0.3) is 0 Å². The summed E-state index contributed by atoms with van der Waals surface area (Å²) < 4.78 is 0. The number of aryl methyl sites for hydroxylation is 4. The van der Waals surface area contributed by atoms with Crippen molar-refractivity contribution in [1.29, 1.82) is 0 Å². The number of hydrogen-bond donors (Lipinski definition) is 2. The van der Waals surface area contributed by atoms with Gasteiger partial charge in [0, 0.05) is 17.0 Å². The van der Waals surface area contributed by atoms with Crippen LogP contribution in [0.3, 0.4) is 0 Å². The SMILES string of the molecule is CCCCC(CC)C(c1cc(C)cc(C)c1O)c1cc(C)cc(C)c1O. The van der Waals surface area contributed by atoms with Crippen molar-refractivity contribution in [3.8, 4) is 11.5 Å². The van der Waals surface area contributed by atoms with E-state index in [-0.39, 0.29) is 5.92 Å². The first-order chi connectivity index (χ1) is 12.3. The molecular formula is C24H34O2. The molecule has 1 unspecified atom stereocenters. The molecule has 2 nitrogen and oxygen atoms in total. The number of rotatable bonds is 7. The number of aromatic hydroxyl groups is 2. The van der Waals surface area contributed by atoms with Gasteiger partial charge in [-0.25, -0.2) is 0 Å². The summed E-state index contributed by atoms with van der Waals surface area (Å²) in [5, 5.41) is 21.7. The molecule has 0 aliphatic rings. The fraction of sp³-hybridized carbons (Fsp3) is 0.500. The summed E-state index contributed by atoms with van der Waals surface area (Å²) in [5.74, 6) is 1.13. The molecule has 2 N–H and O–H groups in total. The van der Waals surface area contributed by atoms with Gasteiger partial charge in [-0.2, -0.15) is 0 Å². The second-order valence-electron chi connectivity index (χ2n) is 7.83. The normalized spacial score (nSPS) is 12.6. The van der Waals surface area contributed by atoms with Gasteiger partial charge < -0.3 is 10.2 Å². The lowest BCUT2D eigenvalue weighted by Crippen LogP contribution is -2.16. The van der Waals surface area contributed by atoms with Crippen LogP contribution in [0, 0.1) is 33.6 Å². The summed E-state index contributed by atoms with van der Waals surface area (Å²) >= 11 is 0. The zero-order valence-corrected chi connectivity index (χ0v) is 17.2. The highest BCUT2D eigenvalue weighted by atomic mass is 16.3. The molecule has 0 saturated carbocycles. The maximum atomic E-state index is 10.9.